The minimum atomic E-state index is -0.410. The van der Waals surface area contributed by atoms with Crippen LogP contribution in [0, 0.1) is 20.8 Å². The zero-order valence-electron chi connectivity index (χ0n) is 22.9. The maximum atomic E-state index is 12.8. The van der Waals surface area contributed by atoms with Gasteiger partial charge in [-0.05, 0) is 81.3 Å². The second-order valence-corrected chi connectivity index (χ2v) is 10.1. The molecule has 0 aliphatic heterocycles. The molecule has 0 fully saturated rings. The van der Waals surface area contributed by atoms with Gasteiger partial charge >= 0.3 is 5.97 Å². The molecule has 4 aromatic rings. The van der Waals surface area contributed by atoms with E-state index in [0.29, 0.717) is 34.4 Å². The number of aromatic nitrogens is 3. The number of hydrogen-bond donors (Lipinski definition) is 2. The van der Waals surface area contributed by atoms with Crippen LogP contribution in [-0.2, 0) is 16.1 Å². The number of esters is 1. The van der Waals surface area contributed by atoms with Crippen molar-refractivity contribution in [3.05, 3.63) is 100 Å². The number of hydrogen-bond acceptors (Lipinski definition) is 7. The number of rotatable bonds is 10. The van der Waals surface area contributed by atoms with E-state index in [1.54, 1.807) is 37.3 Å². The van der Waals surface area contributed by atoms with Crippen LogP contribution in [0.25, 0.3) is 5.69 Å². The van der Waals surface area contributed by atoms with Gasteiger partial charge in [0.15, 0.2) is 11.0 Å². The summed E-state index contributed by atoms with van der Waals surface area (Å²) in [6.45, 7) is 8.17. The largest absolute Gasteiger partial charge is 0.462 e. The highest BCUT2D eigenvalue weighted by molar-refractivity contribution is 7.99. The Morgan fingerprint density at radius 2 is 1.68 bits per heavy atom. The van der Waals surface area contributed by atoms with Crippen LogP contribution in [0.1, 0.15) is 50.2 Å². The highest BCUT2D eigenvalue weighted by Gasteiger charge is 2.19. The third-order valence-electron chi connectivity index (χ3n) is 6.22. The number of nitrogens with one attached hydrogen (secondary N) is 2. The summed E-state index contributed by atoms with van der Waals surface area (Å²) in [6, 6.07) is 19.8. The Balaban J connectivity index is 1.49. The summed E-state index contributed by atoms with van der Waals surface area (Å²) in [5.74, 6) is -0.224. The predicted molar refractivity (Wildman–Crippen MR) is 155 cm³/mol. The third-order valence-corrected chi connectivity index (χ3v) is 7.15. The molecule has 0 spiro atoms. The average molecular weight is 558 g/mol. The molecule has 4 rings (SSSR count). The van der Waals surface area contributed by atoms with E-state index in [1.165, 1.54) is 11.8 Å². The standard InChI is InChI=1S/C30H31N5O4S/c1-5-39-29(38)22-12-14-24(15-13-22)32-27(36)18-40-30-34-33-26(35(30)25-11-7-9-20(3)21(25)4)17-31-28(37)23-10-6-8-19(2)16-23/h6-16H,5,17-18H2,1-4H3,(H,31,37)(H,32,36). The monoisotopic (exact) mass is 557 g/mol. The number of benzene rings is 3. The zero-order chi connectivity index (χ0) is 28.6. The van der Waals surface area contributed by atoms with Crippen LogP contribution in [-0.4, -0.2) is 44.9 Å². The van der Waals surface area contributed by atoms with Gasteiger partial charge in [0, 0.05) is 11.3 Å². The molecule has 0 radical (unpaired) electrons. The van der Waals surface area contributed by atoms with Gasteiger partial charge in [0.1, 0.15) is 0 Å². The molecule has 0 aliphatic rings. The topological polar surface area (TPSA) is 115 Å². The molecule has 2 N–H and O–H groups in total. The number of thioether (sulfide) groups is 1. The summed E-state index contributed by atoms with van der Waals surface area (Å²) in [5.41, 5.74) is 5.56. The molecule has 206 valence electrons. The molecule has 0 bridgehead atoms. The average Bonchev–Trinajstić information content (AvgIpc) is 3.35. The Hall–Kier alpha value is -4.44. The Morgan fingerprint density at radius 1 is 0.925 bits per heavy atom. The second kappa shape index (κ2) is 13.1. The van der Waals surface area contributed by atoms with E-state index < -0.39 is 5.97 Å². The smallest absolute Gasteiger partial charge is 0.338 e. The van der Waals surface area contributed by atoms with Crippen LogP contribution in [0.15, 0.2) is 71.9 Å². The first-order chi connectivity index (χ1) is 19.3. The number of aryl methyl sites for hydroxylation is 2. The van der Waals surface area contributed by atoms with E-state index in [2.05, 4.69) is 20.8 Å². The number of anilines is 1. The molecule has 3 aromatic carbocycles. The molecular weight excluding hydrogens is 526 g/mol. The minimum Gasteiger partial charge on any atom is -0.462 e. The zero-order valence-corrected chi connectivity index (χ0v) is 23.7. The molecular formula is C30H31N5O4S. The Bertz CT molecular complexity index is 1530. The van der Waals surface area contributed by atoms with E-state index in [9.17, 15) is 14.4 Å². The van der Waals surface area contributed by atoms with E-state index in [0.717, 1.165) is 22.4 Å². The van der Waals surface area contributed by atoms with Gasteiger partial charge in [-0.2, -0.15) is 0 Å². The molecule has 0 unspecified atom stereocenters. The quantitative estimate of drug-likeness (QED) is 0.208. The van der Waals surface area contributed by atoms with Gasteiger partial charge in [-0.3, -0.25) is 14.2 Å². The lowest BCUT2D eigenvalue weighted by Crippen LogP contribution is -2.25. The maximum absolute atomic E-state index is 12.8. The molecule has 0 aliphatic carbocycles. The Labute approximate surface area is 237 Å². The molecule has 40 heavy (non-hydrogen) atoms. The molecule has 9 nitrogen and oxygen atoms in total. The summed E-state index contributed by atoms with van der Waals surface area (Å²) in [7, 11) is 0. The first kappa shape index (κ1) is 28.6. The van der Waals surface area contributed by atoms with Gasteiger partial charge in [0.2, 0.25) is 5.91 Å². The summed E-state index contributed by atoms with van der Waals surface area (Å²) in [4.78, 5) is 37.4. The molecule has 1 aromatic heterocycles. The van der Waals surface area contributed by atoms with Crippen molar-refractivity contribution < 1.29 is 19.1 Å². The third kappa shape index (κ3) is 6.95. The van der Waals surface area contributed by atoms with Crippen LogP contribution in [0.2, 0.25) is 0 Å². The van der Waals surface area contributed by atoms with E-state index in [-0.39, 0.29) is 24.1 Å². The maximum Gasteiger partial charge on any atom is 0.338 e. The first-order valence-corrected chi connectivity index (χ1v) is 13.8. The predicted octanol–water partition coefficient (Wildman–Crippen LogP) is 5.03. The SMILES string of the molecule is CCOC(=O)c1ccc(NC(=O)CSc2nnc(CNC(=O)c3cccc(C)c3)n2-c2cccc(C)c2C)cc1. The fraction of sp³-hybridized carbons (Fsp3) is 0.233. The summed E-state index contributed by atoms with van der Waals surface area (Å²) in [6.07, 6.45) is 0. The fourth-order valence-electron chi connectivity index (χ4n) is 4.01. The van der Waals surface area contributed by atoms with E-state index >= 15 is 0 Å². The van der Waals surface area contributed by atoms with Crippen molar-refractivity contribution in [1.82, 2.24) is 20.1 Å². The Kier molecular flexibility index (Phi) is 9.34. The van der Waals surface area contributed by atoms with Crippen LogP contribution in [0.5, 0.6) is 0 Å². The molecule has 10 heteroatoms. The minimum absolute atomic E-state index is 0.0816. The van der Waals surface area contributed by atoms with Crippen molar-refractivity contribution in [3.8, 4) is 5.69 Å². The van der Waals surface area contributed by atoms with Crippen molar-refractivity contribution in [2.75, 3.05) is 17.7 Å². The highest BCUT2D eigenvalue weighted by atomic mass is 32.2. The van der Waals surface area contributed by atoms with Crippen molar-refractivity contribution in [2.24, 2.45) is 0 Å². The van der Waals surface area contributed by atoms with Crippen LogP contribution < -0.4 is 10.6 Å². The van der Waals surface area contributed by atoms with Gasteiger partial charge in [-0.25, -0.2) is 4.79 Å². The molecule has 0 saturated carbocycles. The lowest BCUT2D eigenvalue weighted by atomic mass is 10.1. The van der Waals surface area contributed by atoms with Crippen molar-refractivity contribution in [3.63, 3.8) is 0 Å². The number of amides is 2. The Morgan fingerprint density at radius 3 is 2.40 bits per heavy atom. The number of carbonyl (C=O) groups excluding carboxylic acids is 3. The van der Waals surface area contributed by atoms with Crippen LogP contribution in [0.3, 0.4) is 0 Å². The first-order valence-electron chi connectivity index (χ1n) is 12.8. The summed E-state index contributed by atoms with van der Waals surface area (Å²) < 4.78 is 6.87. The molecule has 0 atom stereocenters. The molecule has 2 amide bonds. The number of carbonyl (C=O) groups is 3. The van der Waals surface area contributed by atoms with Gasteiger partial charge in [0.05, 0.1) is 30.2 Å². The second-order valence-electron chi connectivity index (χ2n) is 9.14. The fourth-order valence-corrected chi connectivity index (χ4v) is 4.77. The van der Waals surface area contributed by atoms with Gasteiger partial charge in [-0.1, -0.05) is 41.6 Å². The van der Waals surface area contributed by atoms with Crippen LogP contribution >= 0.6 is 11.8 Å². The lowest BCUT2D eigenvalue weighted by molar-refractivity contribution is -0.113. The lowest BCUT2D eigenvalue weighted by Gasteiger charge is -2.15. The van der Waals surface area contributed by atoms with Crippen molar-refractivity contribution in [2.45, 2.75) is 39.4 Å². The van der Waals surface area contributed by atoms with Gasteiger partial charge in [-0.15, -0.1) is 10.2 Å². The molecule has 0 saturated heterocycles. The number of nitrogens with zero attached hydrogens (tertiary/aromatic N) is 3. The van der Waals surface area contributed by atoms with Gasteiger partial charge in [0.25, 0.3) is 5.91 Å². The number of ether oxygens (including phenoxy) is 1. The summed E-state index contributed by atoms with van der Waals surface area (Å²) in [5, 5.41) is 15.0. The molecule has 1 heterocycles. The van der Waals surface area contributed by atoms with Crippen molar-refractivity contribution in [1.29, 1.82) is 0 Å². The van der Waals surface area contributed by atoms with Crippen LogP contribution in [0.4, 0.5) is 5.69 Å². The summed E-state index contributed by atoms with van der Waals surface area (Å²) >= 11 is 1.24. The van der Waals surface area contributed by atoms with Crippen molar-refractivity contribution >= 4 is 35.2 Å². The van der Waals surface area contributed by atoms with E-state index in [4.69, 9.17) is 4.74 Å². The normalized spacial score (nSPS) is 10.7. The van der Waals surface area contributed by atoms with Gasteiger partial charge < -0.3 is 15.4 Å². The highest BCUT2D eigenvalue weighted by Crippen LogP contribution is 2.26. The van der Waals surface area contributed by atoms with E-state index in [1.807, 2.05) is 61.7 Å².